The van der Waals surface area contributed by atoms with Gasteiger partial charge in [-0.05, 0) is 30.7 Å². The minimum absolute atomic E-state index is 0.0228. The fraction of sp³-hybridized carbons (Fsp3) is 0.143. The van der Waals surface area contributed by atoms with E-state index in [-0.39, 0.29) is 17.3 Å². The first kappa shape index (κ1) is 15.0. The quantitative estimate of drug-likeness (QED) is 0.821. The molecule has 0 unspecified atom stereocenters. The number of nitrogens with one attached hydrogen (secondary N) is 1. The Morgan fingerprint density at radius 3 is 2.86 bits per heavy atom. The van der Waals surface area contributed by atoms with Gasteiger partial charge in [0.15, 0.2) is 0 Å². The lowest BCUT2D eigenvalue weighted by Crippen LogP contribution is -2.14. The summed E-state index contributed by atoms with van der Waals surface area (Å²) in [6, 6.07) is 4.86. The van der Waals surface area contributed by atoms with E-state index < -0.39 is 10.0 Å². The van der Waals surface area contributed by atoms with Crippen LogP contribution in [0.5, 0.6) is 0 Å². The first-order valence-electron chi connectivity index (χ1n) is 6.11. The molecule has 0 fully saturated rings. The normalized spacial score (nSPS) is 10.6. The van der Waals surface area contributed by atoms with Gasteiger partial charge in [0.1, 0.15) is 10.7 Å². The number of hydrogen-bond acceptors (Lipinski definition) is 5. The standard InChI is InChI=1S/C14H14N4O2S/c1-11-4-6-17-14(7-11)18-21(19,20)13-8-12(3-2-5-15)9-16-10-13/h4,6-10H,5,15H2,1H3,(H,17,18). The Bertz CT molecular complexity index is 807. The van der Waals surface area contributed by atoms with Crippen LogP contribution >= 0.6 is 0 Å². The molecule has 0 spiro atoms. The van der Waals surface area contributed by atoms with Gasteiger partial charge in [-0.15, -0.1) is 0 Å². The summed E-state index contributed by atoms with van der Waals surface area (Å²) in [6.07, 6.45) is 4.27. The van der Waals surface area contributed by atoms with E-state index in [0.29, 0.717) is 5.56 Å². The van der Waals surface area contributed by atoms with Crippen molar-refractivity contribution in [2.45, 2.75) is 11.8 Å². The average molecular weight is 302 g/mol. The van der Waals surface area contributed by atoms with Gasteiger partial charge in [0.05, 0.1) is 6.54 Å². The molecule has 7 heteroatoms. The molecule has 0 aliphatic carbocycles. The van der Waals surface area contributed by atoms with Crippen molar-refractivity contribution in [3.8, 4) is 11.8 Å². The molecule has 2 aromatic heterocycles. The molecule has 0 atom stereocenters. The van der Waals surface area contributed by atoms with Crippen LogP contribution < -0.4 is 10.5 Å². The van der Waals surface area contributed by atoms with E-state index in [1.54, 1.807) is 12.1 Å². The van der Waals surface area contributed by atoms with Gasteiger partial charge in [-0.2, -0.15) is 0 Å². The van der Waals surface area contributed by atoms with Gasteiger partial charge in [-0.25, -0.2) is 13.4 Å². The monoisotopic (exact) mass is 302 g/mol. The Balaban J connectivity index is 2.31. The molecular weight excluding hydrogens is 288 g/mol. The second-order valence-corrected chi connectivity index (χ2v) is 5.92. The van der Waals surface area contributed by atoms with Crippen LogP contribution in [0.25, 0.3) is 0 Å². The zero-order chi connectivity index (χ0) is 15.3. The largest absolute Gasteiger partial charge is 0.320 e. The molecule has 6 nitrogen and oxygen atoms in total. The van der Waals surface area contributed by atoms with Crippen molar-refractivity contribution in [3.05, 3.63) is 47.9 Å². The number of hydrogen-bond donors (Lipinski definition) is 2. The first-order chi connectivity index (χ1) is 10.0. The fourth-order valence-corrected chi connectivity index (χ4v) is 2.56. The number of sulfonamides is 1. The number of nitrogens with two attached hydrogens (primary N) is 1. The van der Waals surface area contributed by atoms with Gasteiger partial charge in [0, 0.05) is 24.2 Å². The van der Waals surface area contributed by atoms with Crippen LogP contribution in [-0.2, 0) is 10.0 Å². The van der Waals surface area contributed by atoms with Crippen LogP contribution in [0.15, 0.2) is 41.7 Å². The summed E-state index contributed by atoms with van der Waals surface area (Å²) in [5, 5.41) is 0. The van der Waals surface area contributed by atoms with E-state index in [0.717, 1.165) is 5.56 Å². The number of rotatable bonds is 3. The molecule has 0 amide bonds. The Morgan fingerprint density at radius 1 is 1.33 bits per heavy atom. The SMILES string of the molecule is Cc1ccnc(NS(=O)(=O)c2cncc(C#CCN)c2)c1. The van der Waals surface area contributed by atoms with Crippen LogP contribution in [0.1, 0.15) is 11.1 Å². The van der Waals surface area contributed by atoms with E-state index in [4.69, 9.17) is 5.73 Å². The Labute approximate surface area is 123 Å². The third-order valence-electron chi connectivity index (χ3n) is 2.51. The van der Waals surface area contributed by atoms with Crippen molar-refractivity contribution in [1.29, 1.82) is 0 Å². The first-order valence-corrected chi connectivity index (χ1v) is 7.59. The summed E-state index contributed by atoms with van der Waals surface area (Å²) in [7, 11) is -3.75. The van der Waals surface area contributed by atoms with Gasteiger partial charge in [0.25, 0.3) is 10.0 Å². The zero-order valence-electron chi connectivity index (χ0n) is 11.4. The minimum atomic E-state index is -3.75. The molecule has 21 heavy (non-hydrogen) atoms. The highest BCUT2D eigenvalue weighted by molar-refractivity contribution is 7.92. The van der Waals surface area contributed by atoms with Gasteiger partial charge in [0.2, 0.25) is 0 Å². The summed E-state index contributed by atoms with van der Waals surface area (Å²) in [4.78, 5) is 7.87. The maximum absolute atomic E-state index is 12.3. The number of pyridine rings is 2. The molecule has 0 saturated carbocycles. The summed E-state index contributed by atoms with van der Waals surface area (Å²) in [6.45, 7) is 2.05. The van der Waals surface area contributed by atoms with Crippen LogP contribution in [0.2, 0.25) is 0 Å². The van der Waals surface area contributed by atoms with Crippen LogP contribution in [0.4, 0.5) is 5.82 Å². The van der Waals surface area contributed by atoms with Gasteiger partial charge < -0.3 is 5.73 Å². The molecular formula is C14H14N4O2S. The van der Waals surface area contributed by atoms with E-state index in [1.165, 1.54) is 24.7 Å². The predicted octanol–water partition coefficient (Wildman–Crippen LogP) is 0.896. The molecule has 2 rings (SSSR count). The molecule has 108 valence electrons. The predicted molar refractivity (Wildman–Crippen MR) is 80.0 cm³/mol. The van der Waals surface area contributed by atoms with Gasteiger partial charge in [-0.3, -0.25) is 9.71 Å². The molecule has 0 aliphatic heterocycles. The number of anilines is 1. The highest BCUT2D eigenvalue weighted by Gasteiger charge is 2.15. The van der Waals surface area contributed by atoms with Crippen molar-refractivity contribution >= 4 is 15.8 Å². The fourth-order valence-electron chi connectivity index (χ4n) is 1.58. The number of aryl methyl sites for hydroxylation is 1. The Morgan fingerprint density at radius 2 is 2.14 bits per heavy atom. The summed E-state index contributed by atoms with van der Waals surface area (Å²) >= 11 is 0. The molecule has 3 N–H and O–H groups in total. The zero-order valence-corrected chi connectivity index (χ0v) is 12.2. The van der Waals surface area contributed by atoms with Crippen LogP contribution in [-0.4, -0.2) is 24.9 Å². The third kappa shape index (κ3) is 4.02. The van der Waals surface area contributed by atoms with Crippen LogP contribution in [0, 0.1) is 18.8 Å². The topological polar surface area (TPSA) is 98.0 Å². The minimum Gasteiger partial charge on any atom is -0.320 e. The molecule has 0 radical (unpaired) electrons. The smallest absolute Gasteiger partial charge is 0.264 e. The lowest BCUT2D eigenvalue weighted by molar-refractivity contribution is 0.600. The van der Waals surface area contributed by atoms with Gasteiger partial charge in [-0.1, -0.05) is 11.8 Å². The van der Waals surface area contributed by atoms with Crippen molar-refractivity contribution in [1.82, 2.24) is 9.97 Å². The maximum Gasteiger partial charge on any atom is 0.264 e. The molecule has 2 heterocycles. The average Bonchev–Trinajstić information content (AvgIpc) is 2.45. The lowest BCUT2D eigenvalue weighted by Gasteiger charge is -2.07. The molecule has 0 aliphatic rings. The highest BCUT2D eigenvalue weighted by atomic mass is 32.2. The van der Waals surface area contributed by atoms with E-state index in [2.05, 4.69) is 26.5 Å². The molecule has 0 bridgehead atoms. The van der Waals surface area contributed by atoms with E-state index in [9.17, 15) is 8.42 Å². The lowest BCUT2D eigenvalue weighted by atomic mass is 10.3. The Hall–Kier alpha value is -2.43. The van der Waals surface area contributed by atoms with Crippen LogP contribution in [0.3, 0.4) is 0 Å². The van der Waals surface area contributed by atoms with Crippen molar-refractivity contribution < 1.29 is 8.42 Å². The molecule has 2 aromatic rings. The summed E-state index contributed by atoms with van der Waals surface area (Å²) < 4.78 is 27.0. The Kier molecular flexibility index (Phi) is 4.52. The maximum atomic E-state index is 12.3. The molecule has 0 saturated heterocycles. The van der Waals surface area contributed by atoms with Crippen molar-refractivity contribution in [3.63, 3.8) is 0 Å². The summed E-state index contributed by atoms with van der Waals surface area (Å²) in [5.74, 6) is 5.65. The second kappa shape index (κ2) is 6.35. The van der Waals surface area contributed by atoms with Crippen molar-refractivity contribution in [2.24, 2.45) is 5.73 Å². The third-order valence-corrected chi connectivity index (χ3v) is 3.83. The van der Waals surface area contributed by atoms with E-state index >= 15 is 0 Å². The highest BCUT2D eigenvalue weighted by Crippen LogP contribution is 2.15. The van der Waals surface area contributed by atoms with E-state index in [1.807, 2.05) is 6.92 Å². The summed E-state index contributed by atoms with van der Waals surface area (Å²) in [5.41, 5.74) is 6.68. The number of aromatic nitrogens is 2. The number of nitrogens with zero attached hydrogens (tertiary/aromatic N) is 2. The second-order valence-electron chi connectivity index (χ2n) is 4.24. The van der Waals surface area contributed by atoms with Crippen molar-refractivity contribution in [2.75, 3.05) is 11.3 Å². The van der Waals surface area contributed by atoms with Gasteiger partial charge >= 0.3 is 0 Å². The molecule has 0 aromatic carbocycles.